The third-order valence-corrected chi connectivity index (χ3v) is 6.81. The molecule has 0 bridgehead atoms. The molecule has 2 heterocycles. The van der Waals surface area contributed by atoms with Crippen LogP contribution in [-0.2, 0) is 10.2 Å². The van der Waals surface area contributed by atoms with Gasteiger partial charge in [0.05, 0.1) is 12.1 Å². The second-order valence-corrected chi connectivity index (χ2v) is 9.11. The molecule has 9 heteroatoms. The van der Waals surface area contributed by atoms with Gasteiger partial charge < -0.3 is 4.98 Å². The van der Waals surface area contributed by atoms with Gasteiger partial charge in [-0.1, -0.05) is 48.5 Å². The van der Waals surface area contributed by atoms with E-state index in [1.807, 2.05) is 0 Å². The quantitative estimate of drug-likeness (QED) is 0.272. The van der Waals surface area contributed by atoms with Gasteiger partial charge in [0.2, 0.25) is 0 Å². The highest BCUT2D eigenvalue weighted by atomic mass is 32.3. The van der Waals surface area contributed by atoms with Gasteiger partial charge in [-0.3, -0.25) is 0 Å². The van der Waals surface area contributed by atoms with Gasteiger partial charge in [-0.25, -0.2) is 0 Å². The molecule has 1 atom stereocenters. The lowest BCUT2D eigenvalue weighted by atomic mass is 9.89. The van der Waals surface area contributed by atoms with Gasteiger partial charge in [0, 0.05) is 27.1 Å². The van der Waals surface area contributed by atoms with Crippen molar-refractivity contribution in [1.29, 1.82) is 0 Å². The van der Waals surface area contributed by atoms with Gasteiger partial charge in [0.1, 0.15) is 4.90 Å². The number of aromatic amines is 1. The summed E-state index contributed by atoms with van der Waals surface area (Å²) in [7, 11) is -5.01. The van der Waals surface area contributed by atoms with Crippen molar-refractivity contribution < 1.29 is 25.5 Å². The van der Waals surface area contributed by atoms with Gasteiger partial charge in [0.25, 0.3) is 0 Å². The van der Waals surface area contributed by atoms with Gasteiger partial charge >= 0.3 is 16.4 Å². The molecule has 2 aromatic carbocycles. The number of H-pyrrole nitrogens is 1. The molecule has 3 nitrogen and oxygen atoms in total. The highest BCUT2D eigenvalue weighted by molar-refractivity contribution is 7.86. The van der Waals surface area contributed by atoms with E-state index in [2.05, 4.69) is 4.98 Å². The van der Waals surface area contributed by atoms with Gasteiger partial charge in [-0.2, -0.15) is 21.6 Å². The number of hydrogen-bond acceptors (Lipinski definition) is 3. The summed E-state index contributed by atoms with van der Waals surface area (Å²) in [6, 6.07) is 16.9. The van der Waals surface area contributed by atoms with Gasteiger partial charge in [-0.05, 0) is 23.3 Å². The third-order valence-electron chi connectivity index (χ3n) is 4.81. The average Bonchev–Trinajstić information content (AvgIpc) is 3.31. The van der Waals surface area contributed by atoms with Crippen molar-refractivity contribution in [2.24, 2.45) is 0 Å². The predicted octanol–water partition coefficient (Wildman–Crippen LogP) is 6.64. The van der Waals surface area contributed by atoms with Crippen LogP contribution in [-0.4, -0.2) is 19.6 Å². The smallest absolute Gasteiger partial charge is 0.354 e. The van der Waals surface area contributed by atoms with Gasteiger partial charge in [-0.15, -0.1) is 15.2 Å². The molecule has 0 saturated carbocycles. The van der Waals surface area contributed by atoms with Crippen molar-refractivity contribution in [3.05, 3.63) is 76.5 Å². The lowest BCUT2D eigenvalue weighted by molar-refractivity contribution is -0.136. The first-order chi connectivity index (χ1) is 14.1. The number of nitrogens with one attached hydrogen (secondary N) is 1. The topological polar surface area (TPSA) is 49.9 Å². The Morgan fingerprint density at radius 2 is 1.67 bits per heavy atom. The number of halogens is 4. The van der Waals surface area contributed by atoms with E-state index in [1.165, 1.54) is 0 Å². The van der Waals surface area contributed by atoms with Crippen molar-refractivity contribution in [1.82, 2.24) is 4.98 Å². The molecule has 0 spiro atoms. The number of aromatic nitrogens is 1. The predicted molar refractivity (Wildman–Crippen MR) is 109 cm³/mol. The molecule has 0 amide bonds. The van der Waals surface area contributed by atoms with Crippen LogP contribution in [0.1, 0.15) is 22.8 Å². The molecule has 1 N–H and O–H groups in total. The Kier molecular flexibility index (Phi) is 5.19. The highest BCUT2D eigenvalue weighted by Crippen LogP contribution is 2.45. The maximum atomic E-state index is 13.6. The van der Waals surface area contributed by atoms with Crippen molar-refractivity contribution in [3.8, 4) is 11.3 Å². The summed E-state index contributed by atoms with van der Waals surface area (Å²) >= 11 is 0.803. The fourth-order valence-corrected chi connectivity index (χ4v) is 5.41. The Morgan fingerprint density at radius 3 is 2.30 bits per heavy atom. The van der Waals surface area contributed by atoms with Crippen LogP contribution >= 0.6 is 11.3 Å². The zero-order valence-electron chi connectivity index (χ0n) is 15.3. The Morgan fingerprint density at radius 1 is 1.00 bits per heavy atom. The van der Waals surface area contributed by atoms with E-state index in [1.54, 1.807) is 54.6 Å². The van der Waals surface area contributed by atoms with Gasteiger partial charge in [0.15, 0.2) is 0 Å². The number of benzene rings is 2. The molecule has 4 aromatic rings. The Balaban J connectivity index is 1.98. The van der Waals surface area contributed by atoms with Crippen molar-refractivity contribution in [2.75, 3.05) is 0 Å². The molecule has 0 fully saturated rings. The molecule has 0 aliphatic rings. The standard InChI is InChI=1S/C21H15F4NO2S2/c22-21(23,24)11-16(18-10-14(12-29-18)30(25,27)28)19-15-8-4-5-9-17(15)26-20(19)13-6-2-1-3-7-13/h1-10,12,16,26H,11H2. The second kappa shape index (κ2) is 7.55. The zero-order valence-corrected chi connectivity index (χ0v) is 16.9. The first-order valence-electron chi connectivity index (χ1n) is 8.89. The highest BCUT2D eigenvalue weighted by Gasteiger charge is 2.37. The number of fused-ring (bicyclic) bond motifs is 1. The number of thiophene rings is 1. The summed E-state index contributed by atoms with van der Waals surface area (Å²) in [6.07, 6.45) is -5.73. The molecule has 0 aliphatic heterocycles. The molecule has 2 aromatic heterocycles. The second-order valence-electron chi connectivity index (χ2n) is 6.82. The van der Waals surface area contributed by atoms with E-state index in [0.29, 0.717) is 27.7 Å². The van der Waals surface area contributed by atoms with Crippen molar-refractivity contribution in [2.45, 2.75) is 23.4 Å². The van der Waals surface area contributed by atoms with Crippen LogP contribution in [0.3, 0.4) is 0 Å². The number of alkyl halides is 3. The minimum absolute atomic E-state index is 0.130. The number of rotatable bonds is 5. The average molecular weight is 453 g/mol. The third kappa shape index (κ3) is 4.13. The largest absolute Gasteiger partial charge is 0.390 e. The molecular weight excluding hydrogens is 438 g/mol. The summed E-state index contributed by atoms with van der Waals surface area (Å²) in [5.41, 5.74) is 2.28. The first-order valence-corrected chi connectivity index (χ1v) is 11.2. The van der Waals surface area contributed by atoms with Crippen molar-refractivity contribution >= 4 is 32.5 Å². The lowest BCUT2D eigenvalue weighted by Crippen LogP contribution is -2.14. The van der Waals surface area contributed by atoms with Crippen LogP contribution in [0.5, 0.6) is 0 Å². The molecule has 156 valence electrons. The summed E-state index contributed by atoms with van der Waals surface area (Å²) in [6.45, 7) is 0. The molecule has 0 saturated heterocycles. The normalized spacial score (nSPS) is 13.6. The van der Waals surface area contributed by atoms with E-state index in [9.17, 15) is 25.5 Å². The molecule has 0 radical (unpaired) electrons. The maximum Gasteiger partial charge on any atom is 0.390 e. The lowest BCUT2D eigenvalue weighted by Gasteiger charge is -2.19. The van der Waals surface area contributed by atoms with Crippen LogP contribution in [0.4, 0.5) is 17.1 Å². The van der Waals surface area contributed by atoms with Crippen LogP contribution in [0, 0.1) is 0 Å². The molecule has 4 rings (SSSR count). The Bertz CT molecular complexity index is 1290. The monoisotopic (exact) mass is 453 g/mol. The number of para-hydroxylation sites is 1. The molecule has 1 unspecified atom stereocenters. The van der Waals surface area contributed by atoms with E-state index < -0.39 is 33.6 Å². The van der Waals surface area contributed by atoms with Crippen LogP contribution in [0.25, 0.3) is 22.2 Å². The van der Waals surface area contributed by atoms with E-state index in [0.717, 1.165) is 22.8 Å². The van der Waals surface area contributed by atoms with E-state index in [-0.39, 0.29) is 4.88 Å². The molecule has 30 heavy (non-hydrogen) atoms. The minimum atomic E-state index is -5.01. The fourth-order valence-electron chi connectivity index (χ4n) is 3.58. The minimum Gasteiger partial charge on any atom is -0.354 e. The Hall–Kier alpha value is -2.65. The molecular formula is C21H15F4NO2S2. The van der Waals surface area contributed by atoms with Crippen LogP contribution < -0.4 is 0 Å². The zero-order chi connectivity index (χ0) is 21.5. The summed E-state index contributed by atoms with van der Waals surface area (Å²) in [5.74, 6) is -1.20. The summed E-state index contributed by atoms with van der Waals surface area (Å²) < 4.78 is 76.6. The maximum absolute atomic E-state index is 13.6. The fraction of sp³-hybridized carbons (Fsp3) is 0.143. The van der Waals surface area contributed by atoms with Crippen LogP contribution in [0.2, 0.25) is 0 Å². The SMILES string of the molecule is O=S(=O)(F)c1csc(C(CC(F)(F)F)c2c(-c3ccccc3)[nH]c3ccccc23)c1. The summed E-state index contributed by atoms with van der Waals surface area (Å²) in [4.78, 5) is 2.70. The number of hydrogen-bond donors (Lipinski definition) is 1. The van der Waals surface area contributed by atoms with E-state index in [4.69, 9.17) is 0 Å². The Labute approximate surface area is 174 Å². The summed E-state index contributed by atoms with van der Waals surface area (Å²) in [5, 5.41) is 1.63. The van der Waals surface area contributed by atoms with E-state index >= 15 is 0 Å². The van der Waals surface area contributed by atoms with Crippen LogP contribution in [0.15, 0.2) is 70.9 Å². The first kappa shape index (κ1) is 20.6. The van der Waals surface area contributed by atoms with Crippen molar-refractivity contribution in [3.63, 3.8) is 0 Å². The molecule has 0 aliphatic carbocycles.